The second kappa shape index (κ2) is 14.7. The zero-order valence-electron chi connectivity index (χ0n) is 23.3. The number of aromatic nitrogens is 2. The van der Waals surface area contributed by atoms with Gasteiger partial charge in [-0.1, -0.05) is 0 Å². The Balaban J connectivity index is 1.78. The van der Waals surface area contributed by atoms with Gasteiger partial charge in [-0.05, 0) is 57.5 Å². The topological polar surface area (TPSA) is 151 Å². The highest BCUT2D eigenvalue weighted by molar-refractivity contribution is 7.53. The van der Waals surface area contributed by atoms with Gasteiger partial charge in [-0.2, -0.15) is 4.98 Å². The number of rotatable bonds is 13. The van der Waals surface area contributed by atoms with Crippen LogP contribution in [0, 0.1) is 11.6 Å². The first kappa shape index (κ1) is 32.4. The predicted molar refractivity (Wildman–Crippen MR) is 141 cm³/mol. The van der Waals surface area contributed by atoms with Crippen molar-refractivity contribution < 1.29 is 60.4 Å². The van der Waals surface area contributed by atoms with Crippen molar-refractivity contribution >= 4 is 30.9 Å². The molecule has 3 rings (SSSR count). The molecule has 0 spiro atoms. The van der Waals surface area contributed by atoms with Gasteiger partial charge in [0.25, 0.3) is 0 Å². The fraction of sp³-hybridized carbons (Fsp3) is 0.385. The number of nitrogens with zero attached hydrogens (tertiary/aromatic N) is 2. The van der Waals surface area contributed by atoms with E-state index in [2.05, 4.69) is 9.97 Å². The summed E-state index contributed by atoms with van der Waals surface area (Å²) in [5.74, 6) is -2.69. The molecule has 2 aromatic heterocycles. The highest BCUT2D eigenvalue weighted by Gasteiger charge is 2.29. The summed E-state index contributed by atoms with van der Waals surface area (Å²) in [6.45, 7) is 4.49. The molecule has 42 heavy (non-hydrogen) atoms. The molecule has 0 unspecified atom stereocenters. The minimum atomic E-state index is -4.35. The number of fused-ring (bicyclic) bond motifs is 1. The Hall–Kier alpha value is -4.07. The summed E-state index contributed by atoms with van der Waals surface area (Å²) >= 11 is 0. The third-order valence-electron chi connectivity index (χ3n) is 4.91. The lowest BCUT2D eigenvalue weighted by molar-refractivity contribution is -0.0304. The maximum absolute atomic E-state index is 15.1. The van der Waals surface area contributed by atoms with Gasteiger partial charge >= 0.3 is 19.9 Å². The molecule has 0 atom stereocenters. The summed E-state index contributed by atoms with van der Waals surface area (Å²) in [4.78, 5) is 31.5. The van der Waals surface area contributed by atoms with Crippen molar-refractivity contribution in [2.24, 2.45) is 0 Å². The second-order valence-electron chi connectivity index (χ2n) is 8.91. The maximum Gasteiger partial charge on any atom is 0.510 e. The van der Waals surface area contributed by atoms with Crippen molar-refractivity contribution in [1.29, 1.82) is 0 Å². The molecule has 0 aliphatic rings. The van der Waals surface area contributed by atoms with Crippen LogP contribution in [0.1, 0.15) is 33.3 Å². The highest BCUT2D eigenvalue weighted by Crippen LogP contribution is 2.52. The van der Waals surface area contributed by atoms with Crippen molar-refractivity contribution in [3.8, 4) is 17.4 Å². The number of carbonyl (C=O) groups is 2. The summed E-state index contributed by atoms with van der Waals surface area (Å²) in [5.41, 5.74) is 0.0414. The van der Waals surface area contributed by atoms with Gasteiger partial charge in [0, 0.05) is 12.3 Å². The average Bonchev–Trinajstić information content (AvgIpc) is 2.89. The first-order valence-electron chi connectivity index (χ1n) is 12.4. The summed E-state index contributed by atoms with van der Waals surface area (Å²) in [6, 6.07) is 6.20. The molecule has 2 heterocycles. The Morgan fingerprint density at radius 1 is 0.905 bits per heavy atom. The van der Waals surface area contributed by atoms with Crippen molar-refractivity contribution in [2.75, 3.05) is 20.7 Å². The molecular formula is C26H29F2N2O11P. The smallest absolute Gasteiger partial charge is 0.481 e. The van der Waals surface area contributed by atoms with Crippen LogP contribution >= 0.6 is 7.60 Å². The number of ether oxygens (including phenoxy) is 6. The highest BCUT2D eigenvalue weighted by atomic mass is 31.2. The number of carbonyl (C=O) groups excluding carboxylic acids is 2. The summed E-state index contributed by atoms with van der Waals surface area (Å²) in [6.07, 6.45) is -2.62. The number of hydrogen-bond donors (Lipinski definition) is 0. The standard InChI is InChI=1S/C26H29F2N2O11P/c1-15(2)39-25(31)35-13-37-42(33,38-14-36-26(32)40-16(3)4)12-17-10-19(27)23(20(28)11-17)41-21-8-9-29-24-18(21)6-7-22(30-24)34-5/h6-11,15-16H,12-14H2,1-5H3. The summed E-state index contributed by atoms with van der Waals surface area (Å²) in [5, 5.41) is 0.361. The van der Waals surface area contributed by atoms with E-state index in [4.69, 9.17) is 37.5 Å². The molecule has 0 saturated heterocycles. The lowest BCUT2D eigenvalue weighted by atomic mass is 10.2. The largest absolute Gasteiger partial charge is 0.510 e. The van der Waals surface area contributed by atoms with Crippen molar-refractivity contribution in [2.45, 2.75) is 46.1 Å². The number of hydrogen-bond acceptors (Lipinski definition) is 13. The molecule has 0 radical (unpaired) electrons. The number of benzene rings is 1. The molecule has 228 valence electrons. The maximum atomic E-state index is 15.1. The van der Waals surface area contributed by atoms with Crippen molar-refractivity contribution in [1.82, 2.24) is 9.97 Å². The predicted octanol–water partition coefficient (Wildman–Crippen LogP) is 6.47. The Labute approximate surface area is 239 Å². The van der Waals surface area contributed by atoms with Gasteiger partial charge in [0.15, 0.2) is 23.0 Å². The van der Waals surface area contributed by atoms with Gasteiger partial charge in [-0.25, -0.2) is 23.4 Å². The summed E-state index contributed by atoms with van der Waals surface area (Å²) in [7, 11) is -2.92. The zero-order chi connectivity index (χ0) is 30.9. The van der Waals surface area contributed by atoms with E-state index >= 15 is 8.78 Å². The van der Waals surface area contributed by atoms with E-state index < -0.39 is 69.2 Å². The van der Waals surface area contributed by atoms with Crippen LogP contribution in [0.15, 0.2) is 36.5 Å². The van der Waals surface area contributed by atoms with Crippen LogP contribution in [-0.4, -0.2) is 55.2 Å². The van der Waals surface area contributed by atoms with E-state index in [-0.39, 0.29) is 22.8 Å². The van der Waals surface area contributed by atoms with Crippen molar-refractivity contribution in [3.05, 3.63) is 53.7 Å². The number of pyridine rings is 2. The van der Waals surface area contributed by atoms with E-state index in [0.29, 0.717) is 5.39 Å². The van der Waals surface area contributed by atoms with Crippen LogP contribution in [-0.2, 0) is 38.7 Å². The second-order valence-corrected chi connectivity index (χ2v) is 11.0. The SMILES string of the molecule is COc1ccc2c(Oc3c(F)cc(CP(=O)(OCOC(=O)OC(C)C)OCOC(=O)OC(C)C)cc3F)ccnc2n1. The van der Waals surface area contributed by atoms with E-state index in [1.807, 2.05) is 0 Å². The molecule has 3 aromatic rings. The first-order valence-corrected chi connectivity index (χ1v) is 14.1. The van der Waals surface area contributed by atoms with Crippen LogP contribution in [0.3, 0.4) is 0 Å². The Morgan fingerprint density at radius 2 is 1.48 bits per heavy atom. The fourth-order valence-corrected chi connectivity index (χ4v) is 4.53. The van der Waals surface area contributed by atoms with E-state index in [1.54, 1.807) is 33.8 Å². The quantitative estimate of drug-likeness (QED) is 0.118. The molecular weight excluding hydrogens is 585 g/mol. The third kappa shape index (κ3) is 9.50. The molecule has 16 heteroatoms. The zero-order valence-corrected chi connectivity index (χ0v) is 24.2. The minimum Gasteiger partial charge on any atom is -0.481 e. The minimum absolute atomic E-state index is 0.0638. The van der Waals surface area contributed by atoms with Gasteiger partial charge in [-0.15, -0.1) is 0 Å². The van der Waals surface area contributed by atoms with Crippen LogP contribution in [0.4, 0.5) is 18.4 Å². The molecule has 1 aromatic carbocycles. The molecule has 0 N–H and O–H groups in total. The molecule has 0 bridgehead atoms. The van der Waals surface area contributed by atoms with E-state index in [0.717, 1.165) is 12.1 Å². The Kier molecular flexibility index (Phi) is 11.4. The Morgan fingerprint density at radius 3 is 2.00 bits per heavy atom. The van der Waals surface area contributed by atoms with Gasteiger partial charge in [0.1, 0.15) is 5.75 Å². The molecule has 0 fully saturated rings. The van der Waals surface area contributed by atoms with E-state index in [9.17, 15) is 14.2 Å². The lowest BCUT2D eigenvalue weighted by Gasteiger charge is -2.19. The lowest BCUT2D eigenvalue weighted by Crippen LogP contribution is -2.16. The van der Waals surface area contributed by atoms with Gasteiger partial charge in [0.2, 0.25) is 19.5 Å². The molecule has 0 saturated carbocycles. The third-order valence-corrected chi connectivity index (χ3v) is 6.66. The monoisotopic (exact) mass is 614 g/mol. The van der Waals surface area contributed by atoms with Gasteiger partial charge in [0.05, 0.1) is 30.9 Å². The molecule has 0 aliphatic heterocycles. The molecule has 13 nitrogen and oxygen atoms in total. The number of methoxy groups -OCH3 is 1. The van der Waals surface area contributed by atoms with Gasteiger partial charge < -0.3 is 28.4 Å². The normalized spacial score (nSPS) is 11.5. The van der Waals surface area contributed by atoms with Crippen LogP contribution in [0.5, 0.6) is 17.4 Å². The molecule has 0 amide bonds. The van der Waals surface area contributed by atoms with Crippen LogP contribution in [0.2, 0.25) is 0 Å². The van der Waals surface area contributed by atoms with Crippen LogP contribution in [0.25, 0.3) is 11.0 Å². The van der Waals surface area contributed by atoms with Crippen LogP contribution < -0.4 is 9.47 Å². The fourth-order valence-electron chi connectivity index (χ4n) is 3.22. The molecule has 0 aliphatic carbocycles. The van der Waals surface area contributed by atoms with E-state index in [1.165, 1.54) is 25.4 Å². The first-order chi connectivity index (χ1) is 19.9. The Bertz CT molecular complexity index is 1400. The number of halogens is 2. The van der Waals surface area contributed by atoms with Crippen molar-refractivity contribution in [3.63, 3.8) is 0 Å². The summed E-state index contributed by atoms with van der Waals surface area (Å²) < 4.78 is 83.3. The van der Waals surface area contributed by atoms with Gasteiger partial charge in [-0.3, -0.25) is 13.6 Å². The average molecular weight is 614 g/mol.